The van der Waals surface area contributed by atoms with E-state index in [0.717, 1.165) is 16.5 Å². The van der Waals surface area contributed by atoms with Gasteiger partial charge in [-0.25, -0.2) is 4.98 Å². The van der Waals surface area contributed by atoms with Crippen molar-refractivity contribution in [1.29, 1.82) is 0 Å². The highest BCUT2D eigenvalue weighted by molar-refractivity contribution is 7.98. The number of anilines is 1. The van der Waals surface area contributed by atoms with Gasteiger partial charge in [-0.1, -0.05) is 35.9 Å². The lowest BCUT2D eigenvalue weighted by molar-refractivity contribution is 0.102. The molecule has 2 aromatic heterocycles. The van der Waals surface area contributed by atoms with E-state index in [-0.39, 0.29) is 5.91 Å². The Hall–Kier alpha value is -2.89. The molecule has 6 heteroatoms. The number of fused-ring (bicyclic) bond motifs is 1. The molecule has 0 fully saturated rings. The summed E-state index contributed by atoms with van der Waals surface area (Å²) in [4.78, 5) is 21.6. The number of carbonyl (C=O) groups excluding carboxylic acids is 1. The Balaban J connectivity index is 1.55. The molecule has 0 aliphatic heterocycles. The van der Waals surface area contributed by atoms with Crippen molar-refractivity contribution in [2.24, 2.45) is 0 Å². The number of aromatic nitrogens is 2. The number of pyridine rings is 2. The van der Waals surface area contributed by atoms with Crippen LogP contribution in [0.25, 0.3) is 10.9 Å². The van der Waals surface area contributed by atoms with Gasteiger partial charge in [0.2, 0.25) is 0 Å². The Morgan fingerprint density at radius 3 is 2.75 bits per heavy atom. The molecule has 28 heavy (non-hydrogen) atoms. The highest BCUT2D eigenvalue weighted by Crippen LogP contribution is 2.28. The van der Waals surface area contributed by atoms with Crippen molar-refractivity contribution in [3.05, 3.63) is 95.3 Å². The largest absolute Gasteiger partial charge is 0.322 e. The van der Waals surface area contributed by atoms with Crippen molar-refractivity contribution in [2.75, 3.05) is 5.32 Å². The fourth-order valence-corrected chi connectivity index (χ4v) is 4.06. The number of hydrogen-bond acceptors (Lipinski definition) is 4. The van der Waals surface area contributed by atoms with E-state index in [4.69, 9.17) is 11.6 Å². The second kappa shape index (κ2) is 8.42. The molecule has 0 aliphatic carbocycles. The Morgan fingerprint density at radius 1 is 0.964 bits per heavy atom. The summed E-state index contributed by atoms with van der Waals surface area (Å²) in [6.07, 6.45) is 3.51. The molecule has 0 saturated carbocycles. The second-order valence-electron chi connectivity index (χ2n) is 6.10. The number of para-hydroxylation sites is 1. The van der Waals surface area contributed by atoms with Gasteiger partial charge in [-0.15, -0.1) is 11.8 Å². The summed E-state index contributed by atoms with van der Waals surface area (Å²) in [5.74, 6) is 0.481. The van der Waals surface area contributed by atoms with Crippen LogP contribution in [0.15, 0.2) is 84.1 Å². The normalized spacial score (nSPS) is 10.8. The molecule has 0 radical (unpaired) electrons. The van der Waals surface area contributed by atoms with Crippen LogP contribution < -0.4 is 5.32 Å². The van der Waals surface area contributed by atoms with Gasteiger partial charge in [0.25, 0.3) is 5.91 Å². The molecule has 0 unspecified atom stereocenters. The van der Waals surface area contributed by atoms with E-state index in [1.165, 1.54) is 11.8 Å². The third-order valence-corrected chi connectivity index (χ3v) is 5.49. The van der Waals surface area contributed by atoms with E-state index in [1.54, 1.807) is 42.6 Å². The first kappa shape index (κ1) is 18.5. The van der Waals surface area contributed by atoms with Crippen LogP contribution in [0.3, 0.4) is 0 Å². The van der Waals surface area contributed by atoms with Gasteiger partial charge in [0.15, 0.2) is 0 Å². The van der Waals surface area contributed by atoms with Crippen LogP contribution in [0.1, 0.15) is 15.9 Å². The number of nitrogens with zero attached hydrogens (tertiary/aromatic N) is 2. The van der Waals surface area contributed by atoms with Crippen molar-refractivity contribution >= 4 is 45.9 Å². The number of hydrogen-bond donors (Lipinski definition) is 1. The summed E-state index contributed by atoms with van der Waals surface area (Å²) in [6, 6.07) is 20.7. The van der Waals surface area contributed by atoms with E-state index in [0.29, 0.717) is 27.1 Å². The van der Waals surface area contributed by atoms with Crippen LogP contribution in [-0.4, -0.2) is 15.9 Å². The van der Waals surface area contributed by atoms with Gasteiger partial charge in [0, 0.05) is 34.2 Å². The molecular weight excluding hydrogens is 390 g/mol. The smallest absolute Gasteiger partial charge is 0.258 e. The summed E-state index contributed by atoms with van der Waals surface area (Å²) in [7, 11) is 0. The summed E-state index contributed by atoms with van der Waals surface area (Å²) in [5.41, 5.74) is 3.30. The van der Waals surface area contributed by atoms with Gasteiger partial charge in [0.05, 0.1) is 11.1 Å². The maximum absolute atomic E-state index is 12.8. The first-order chi connectivity index (χ1) is 13.7. The third-order valence-electron chi connectivity index (χ3n) is 4.20. The van der Waals surface area contributed by atoms with Gasteiger partial charge in [0.1, 0.15) is 5.03 Å². The number of thioether (sulfide) groups is 1. The van der Waals surface area contributed by atoms with Gasteiger partial charge in [-0.2, -0.15) is 0 Å². The molecule has 0 aliphatic rings. The van der Waals surface area contributed by atoms with Crippen molar-refractivity contribution < 1.29 is 4.79 Å². The molecule has 4 aromatic rings. The van der Waals surface area contributed by atoms with Gasteiger partial charge < -0.3 is 5.32 Å². The minimum atomic E-state index is -0.211. The van der Waals surface area contributed by atoms with Crippen LogP contribution in [0.2, 0.25) is 5.02 Å². The Bertz CT molecular complexity index is 1140. The zero-order valence-corrected chi connectivity index (χ0v) is 16.4. The quantitative estimate of drug-likeness (QED) is 0.424. The molecule has 4 rings (SSSR count). The predicted molar refractivity (Wildman–Crippen MR) is 115 cm³/mol. The standard InChI is InChI=1S/C22H16ClN3OS/c23-16-5-3-6-17(13-16)26-21(27)19-8-4-11-25-22(19)28-14-15-10-12-24-20-9-2-1-7-18(15)20/h1-13H,14H2,(H,26,27). The molecule has 4 nitrogen and oxygen atoms in total. The lowest BCUT2D eigenvalue weighted by atomic mass is 10.1. The Labute approximate surface area is 172 Å². The SMILES string of the molecule is O=C(Nc1cccc(Cl)c1)c1cccnc1SCc1ccnc2ccccc12. The molecule has 0 saturated heterocycles. The molecule has 2 heterocycles. The third kappa shape index (κ3) is 4.16. The molecule has 0 spiro atoms. The van der Waals surface area contributed by atoms with E-state index < -0.39 is 0 Å². The highest BCUT2D eigenvalue weighted by Gasteiger charge is 2.14. The van der Waals surface area contributed by atoms with Crippen LogP contribution in [0.4, 0.5) is 5.69 Å². The summed E-state index contributed by atoms with van der Waals surface area (Å²) < 4.78 is 0. The highest BCUT2D eigenvalue weighted by atomic mass is 35.5. The molecule has 1 N–H and O–H groups in total. The monoisotopic (exact) mass is 405 g/mol. The van der Waals surface area contributed by atoms with Gasteiger partial charge in [-0.3, -0.25) is 9.78 Å². The van der Waals surface area contributed by atoms with Gasteiger partial charge >= 0.3 is 0 Å². The molecule has 0 atom stereocenters. The maximum atomic E-state index is 12.8. The number of amides is 1. The molecule has 2 aromatic carbocycles. The van der Waals surface area contributed by atoms with Crippen molar-refractivity contribution in [1.82, 2.24) is 9.97 Å². The van der Waals surface area contributed by atoms with E-state index in [2.05, 4.69) is 21.4 Å². The molecule has 1 amide bonds. The maximum Gasteiger partial charge on any atom is 0.258 e. The summed E-state index contributed by atoms with van der Waals surface area (Å²) >= 11 is 7.53. The lowest BCUT2D eigenvalue weighted by Crippen LogP contribution is -2.13. The van der Waals surface area contributed by atoms with Crippen LogP contribution in [-0.2, 0) is 5.75 Å². The van der Waals surface area contributed by atoms with Crippen LogP contribution in [0.5, 0.6) is 0 Å². The fourth-order valence-electron chi connectivity index (χ4n) is 2.87. The number of nitrogens with one attached hydrogen (secondary N) is 1. The van der Waals surface area contributed by atoms with Crippen molar-refractivity contribution in [3.8, 4) is 0 Å². The van der Waals surface area contributed by atoms with Crippen LogP contribution >= 0.6 is 23.4 Å². The average Bonchev–Trinajstić information content (AvgIpc) is 2.72. The molecule has 138 valence electrons. The van der Waals surface area contributed by atoms with E-state index in [9.17, 15) is 4.79 Å². The van der Waals surface area contributed by atoms with Crippen LogP contribution in [0, 0.1) is 0 Å². The fraction of sp³-hybridized carbons (Fsp3) is 0.0455. The average molecular weight is 406 g/mol. The topological polar surface area (TPSA) is 54.9 Å². The number of rotatable bonds is 5. The zero-order chi connectivity index (χ0) is 19.3. The minimum Gasteiger partial charge on any atom is -0.322 e. The zero-order valence-electron chi connectivity index (χ0n) is 14.8. The lowest BCUT2D eigenvalue weighted by Gasteiger charge is -2.10. The summed E-state index contributed by atoms with van der Waals surface area (Å²) in [6.45, 7) is 0. The second-order valence-corrected chi connectivity index (χ2v) is 7.50. The molecule has 0 bridgehead atoms. The number of halogens is 1. The summed E-state index contributed by atoms with van der Waals surface area (Å²) in [5, 5.41) is 5.25. The first-order valence-corrected chi connectivity index (χ1v) is 10.0. The van der Waals surface area contributed by atoms with E-state index >= 15 is 0 Å². The number of benzene rings is 2. The Kier molecular flexibility index (Phi) is 5.55. The Morgan fingerprint density at radius 2 is 1.86 bits per heavy atom. The van der Waals surface area contributed by atoms with Crippen molar-refractivity contribution in [3.63, 3.8) is 0 Å². The predicted octanol–water partition coefficient (Wildman–Crippen LogP) is 5.83. The van der Waals surface area contributed by atoms with E-state index in [1.807, 2.05) is 30.5 Å². The minimum absolute atomic E-state index is 0.211. The van der Waals surface area contributed by atoms with Gasteiger partial charge in [-0.05, 0) is 48.0 Å². The first-order valence-electron chi connectivity index (χ1n) is 8.68. The number of carbonyl (C=O) groups is 1. The molecular formula is C22H16ClN3OS. The van der Waals surface area contributed by atoms with Crippen molar-refractivity contribution in [2.45, 2.75) is 10.8 Å².